The van der Waals surface area contributed by atoms with Crippen molar-refractivity contribution in [3.63, 3.8) is 0 Å². The molecular formula is C18H18N6O5S. The summed E-state index contributed by atoms with van der Waals surface area (Å²) in [5.41, 5.74) is 1.34. The van der Waals surface area contributed by atoms with Gasteiger partial charge < -0.3 is 5.32 Å². The first-order chi connectivity index (χ1) is 14.2. The quantitative estimate of drug-likeness (QED) is 0.424. The van der Waals surface area contributed by atoms with Gasteiger partial charge in [0.2, 0.25) is 10.0 Å². The number of nitro groups is 1. The van der Waals surface area contributed by atoms with Crippen LogP contribution in [0.4, 0.5) is 5.69 Å². The van der Waals surface area contributed by atoms with Crippen LogP contribution in [0.3, 0.4) is 0 Å². The third-order valence-corrected chi connectivity index (χ3v) is 5.74. The van der Waals surface area contributed by atoms with Crippen LogP contribution in [0.25, 0.3) is 5.69 Å². The highest BCUT2D eigenvalue weighted by Crippen LogP contribution is 2.18. The monoisotopic (exact) mass is 430 g/mol. The Balaban J connectivity index is 1.77. The minimum absolute atomic E-state index is 0.0560. The van der Waals surface area contributed by atoms with Crippen LogP contribution >= 0.6 is 0 Å². The summed E-state index contributed by atoms with van der Waals surface area (Å²) >= 11 is 0. The Morgan fingerprint density at radius 1 is 1.20 bits per heavy atom. The van der Waals surface area contributed by atoms with E-state index in [4.69, 9.17) is 0 Å². The van der Waals surface area contributed by atoms with E-state index in [1.165, 1.54) is 42.1 Å². The molecule has 2 N–H and O–H groups in total. The van der Waals surface area contributed by atoms with Crippen LogP contribution in [-0.4, -0.2) is 41.3 Å². The third-order valence-electron chi connectivity index (χ3n) is 4.33. The number of amides is 1. The lowest BCUT2D eigenvalue weighted by atomic mass is 10.2. The lowest BCUT2D eigenvalue weighted by Crippen LogP contribution is -2.24. The van der Waals surface area contributed by atoms with Crippen LogP contribution in [0.5, 0.6) is 0 Å². The lowest BCUT2D eigenvalue weighted by Gasteiger charge is -2.07. The average Bonchev–Trinajstić information content (AvgIpc) is 3.13. The summed E-state index contributed by atoms with van der Waals surface area (Å²) in [5.74, 6) is -0.508. The Kier molecular flexibility index (Phi) is 5.89. The molecule has 0 aliphatic heterocycles. The van der Waals surface area contributed by atoms with Gasteiger partial charge in [0, 0.05) is 18.7 Å². The fourth-order valence-electron chi connectivity index (χ4n) is 2.73. The molecule has 0 saturated carbocycles. The van der Waals surface area contributed by atoms with E-state index < -0.39 is 20.9 Å². The molecule has 0 unspecified atom stereocenters. The van der Waals surface area contributed by atoms with Crippen molar-refractivity contribution >= 4 is 21.6 Å². The molecule has 0 bridgehead atoms. The zero-order valence-electron chi connectivity index (χ0n) is 16.1. The summed E-state index contributed by atoms with van der Waals surface area (Å²) in [6, 6.07) is 12.0. The second kappa shape index (κ2) is 8.39. The second-order valence-corrected chi connectivity index (χ2v) is 8.14. The van der Waals surface area contributed by atoms with Gasteiger partial charge in [-0.3, -0.25) is 14.9 Å². The standard InChI is InChI=1S/C18H18N6O5S/c1-12-17(21-22-23(12)14-6-4-7-15(10-14)24(26)27)18(25)20-11-13-5-3-8-16(9-13)30(28,29)19-2/h3-10,19H,11H2,1-2H3,(H,20,25). The topological polar surface area (TPSA) is 149 Å². The molecule has 0 atom stereocenters. The van der Waals surface area contributed by atoms with Gasteiger partial charge in [-0.1, -0.05) is 23.4 Å². The van der Waals surface area contributed by atoms with E-state index >= 15 is 0 Å². The van der Waals surface area contributed by atoms with E-state index in [9.17, 15) is 23.3 Å². The molecule has 12 heteroatoms. The van der Waals surface area contributed by atoms with E-state index in [2.05, 4.69) is 20.4 Å². The normalized spacial score (nSPS) is 11.3. The molecule has 0 aliphatic rings. The van der Waals surface area contributed by atoms with Crippen LogP contribution in [0.15, 0.2) is 53.4 Å². The molecule has 0 aliphatic carbocycles. The average molecular weight is 430 g/mol. The number of non-ortho nitro benzene ring substituents is 1. The number of nitrogens with one attached hydrogen (secondary N) is 2. The van der Waals surface area contributed by atoms with E-state index in [0.717, 1.165) is 0 Å². The molecule has 30 heavy (non-hydrogen) atoms. The fourth-order valence-corrected chi connectivity index (χ4v) is 3.53. The first-order valence-corrected chi connectivity index (χ1v) is 10.2. The van der Waals surface area contributed by atoms with Gasteiger partial charge in [-0.2, -0.15) is 0 Å². The Morgan fingerprint density at radius 3 is 2.63 bits per heavy atom. The van der Waals surface area contributed by atoms with Crippen molar-refractivity contribution in [3.05, 3.63) is 75.6 Å². The van der Waals surface area contributed by atoms with Gasteiger partial charge in [-0.25, -0.2) is 17.8 Å². The van der Waals surface area contributed by atoms with Gasteiger partial charge in [0.15, 0.2) is 5.69 Å². The molecule has 1 amide bonds. The van der Waals surface area contributed by atoms with E-state index in [0.29, 0.717) is 16.9 Å². The maximum atomic E-state index is 12.5. The van der Waals surface area contributed by atoms with Gasteiger partial charge in [0.05, 0.1) is 21.2 Å². The Hall–Kier alpha value is -3.64. The van der Waals surface area contributed by atoms with Crippen LogP contribution < -0.4 is 10.0 Å². The molecule has 156 valence electrons. The van der Waals surface area contributed by atoms with E-state index in [1.807, 2.05) is 0 Å². The van der Waals surface area contributed by atoms with Crippen LogP contribution in [0.1, 0.15) is 21.7 Å². The number of aromatic nitrogens is 3. The number of hydrogen-bond donors (Lipinski definition) is 2. The second-order valence-electron chi connectivity index (χ2n) is 6.25. The maximum absolute atomic E-state index is 12.5. The Bertz CT molecular complexity index is 1220. The van der Waals surface area contributed by atoms with Crippen molar-refractivity contribution in [2.24, 2.45) is 0 Å². The summed E-state index contributed by atoms with van der Waals surface area (Å²) in [7, 11) is -2.27. The van der Waals surface area contributed by atoms with Crippen molar-refractivity contribution in [2.45, 2.75) is 18.4 Å². The first-order valence-electron chi connectivity index (χ1n) is 8.71. The number of nitrogens with zero attached hydrogens (tertiary/aromatic N) is 4. The summed E-state index contributed by atoms with van der Waals surface area (Å²) in [5, 5.41) is 21.4. The molecule has 3 aromatic rings. The molecule has 0 spiro atoms. The van der Waals surface area contributed by atoms with Crippen LogP contribution in [-0.2, 0) is 16.6 Å². The number of hydrogen-bond acceptors (Lipinski definition) is 7. The Labute approximate surface area is 171 Å². The van der Waals surface area contributed by atoms with Crippen molar-refractivity contribution in [2.75, 3.05) is 7.05 Å². The number of carbonyl (C=O) groups is 1. The maximum Gasteiger partial charge on any atom is 0.274 e. The number of rotatable bonds is 7. The molecule has 1 heterocycles. The smallest absolute Gasteiger partial charge is 0.274 e. The predicted octanol–water partition coefficient (Wildman–Crippen LogP) is 1.32. The van der Waals surface area contributed by atoms with Gasteiger partial charge in [-0.05, 0) is 37.7 Å². The number of nitro benzene ring substituents is 1. The highest BCUT2D eigenvalue weighted by atomic mass is 32.2. The molecule has 0 fully saturated rings. The summed E-state index contributed by atoms with van der Waals surface area (Å²) in [6.45, 7) is 1.70. The highest BCUT2D eigenvalue weighted by molar-refractivity contribution is 7.89. The van der Waals surface area contributed by atoms with Crippen molar-refractivity contribution in [1.82, 2.24) is 25.0 Å². The predicted molar refractivity (Wildman–Crippen MR) is 107 cm³/mol. The van der Waals surface area contributed by atoms with Gasteiger partial charge in [-0.15, -0.1) is 5.10 Å². The van der Waals surface area contributed by atoms with Gasteiger partial charge >= 0.3 is 0 Å². The first kappa shape index (κ1) is 21.1. The van der Waals surface area contributed by atoms with Gasteiger partial charge in [0.25, 0.3) is 11.6 Å². The minimum Gasteiger partial charge on any atom is -0.347 e. The molecule has 11 nitrogen and oxygen atoms in total. The zero-order chi connectivity index (χ0) is 21.9. The third kappa shape index (κ3) is 4.34. The van der Waals surface area contributed by atoms with Gasteiger partial charge in [0.1, 0.15) is 0 Å². The van der Waals surface area contributed by atoms with Crippen molar-refractivity contribution in [3.8, 4) is 5.69 Å². The van der Waals surface area contributed by atoms with Crippen molar-refractivity contribution in [1.29, 1.82) is 0 Å². The molecule has 3 rings (SSSR count). The number of sulfonamides is 1. The van der Waals surface area contributed by atoms with E-state index in [-0.39, 0.29) is 22.8 Å². The summed E-state index contributed by atoms with van der Waals surface area (Å²) < 4.78 is 27.4. The van der Waals surface area contributed by atoms with Crippen LogP contribution in [0, 0.1) is 17.0 Å². The lowest BCUT2D eigenvalue weighted by molar-refractivity contribution is -0.384. The minimum atomic E-state index is -3.59. The Morgan fingerprint density at radius 2 is 1.93 bits per heavy atom. The highest BCUT2D eigenvalue weighted by Gasteiger charge is 2.19. The summed E-state index contributed by atoms with van der Waals surface area (Å²) in [6.07, 6.45) is 0. The molecule has 1 aromatic heterocycles. The van der Waals surface area contributed by atoms with Crippen molar-refractivity contribution < 1.29 is 18.1 Å². The summed E-state index contributed by atoms with van der Waals surface area (Å²) in [4.78, 5) is 23.1. The molecule has 0 saturated heterocycles. The SMILES string of the molecule is CNS(=O)(=O)c1cccc(CNC(=O)c2nnn(-c3cccc([N+](=O)[O-])c3)c2C)c1. The largest absolute Gasteiger partial charge is 0.347 e. The van der Waals surface area contributed by atoms with Crippen LogP contribution in [0.2, 0.25) is 0 Å². The molecule has 0 radical (unpaired) electrons. The van der Waals surface area contributed by atoms with E-state index in [1.54, 1.807) is 25.1 Å². The zero-order valence-corrected chi connectivity index (χ0v) is 16.9. The fraction of sp³-hybridized carbons (Fsp3) is 0.167. The number of benzene rings is 2. The molecular weight excluding hydrogens is 412 g/mol. The number of carbonyl (C=O) groups excluding carboxylic acids is 1. The molecule has 2 aromatic carbocycles.